The van der Waals surface area contributed by atoms with Crippen LogP contribution in [0.5, 0.6) is 0 Å². The van der Waals surface area contributed by atoms with Crippen LogP contribution >= 0.6 is 0 Å². The Balaban J connectivity index is 2.62. The predicted molar refractivity (Wildman–Crippen MR) is 63.5 cm³/mol. The summed E-state index contributed by atoms with van der Waals surface area (Å²) in [5, 5.41) is 0. The van der Waals surface area contributed by atoms with Crippen LogP contribution < -0.4 is 0 Å². The van der Waals surface area contributed by atoms with Gasteiger partial charge < -0.3 is 4.90 Å². The molecule has 0 amide bonds. The van der Waals surface area contributed by atoms with Gasteiger partial charge in [0.25, 0.3) is 0 Å². The van der Waals surface area contributed by atoms with E-state index >= 15 is 0 Å². The molecule has 0 aromatic heterocycles. The maximum absolute atomic E-state index is 2.55. The zero-order chi connectivity index (χ0) is 10.9. The number of nitrogens with zero attached hydrogens (tertiary/aromatic N) is 1. The van der Waals surface area contributed by atoms with E-state index in [0.29, 0.717) is 11.5 Å². The van der Waals surface area contributed by atoms with Crippen molar-refractivity contribution in [2.75, 3.05) is 7.05 Å². The first-order valence-electron chi connectivity index (χ1n) is 6.04. The third kappa shape index (κ3) is 2.98. The molecular formula is C13H27N. The van der Waals surface area contributed by atoms with Crippen LogP contribution in [0, 0.1) is 11.3 Å². The molecular weight excluding hydrogens is 170 g/mol. The fourth-order valence-corrected chi connectivity index (χ4v) is 3.03. The van der Waals surface area contributed by atoms with Gasteiger partial charge in [-0.25, -0.2) is 0 Å². The molecule has 1 aliphatic rings. The van der Waals surface area contributed by atoms with Crippen LogP contribution in [0.2, 0.25) is 0 Å². The van der Waals surface area contributed by atoms with Crippen molar-refractivity contribution in [3.05, 3.63) is 0 Å². The van der Waals surface area contributed by atoms with E-state index in [1.54, 1.807) is 0 Å². The highest BCUT2D eigenvalue weighted by Gasteiger charge is 2.34. The molecule has 0 bridgehead atoms. The highest BCUT2D eigenvalue weighted by molar-refractivity contribution is 4.87. The van der Waals surface area contributed by atoms with Crippen LogP contribution in [-0.4, -0.2) is 24.0 Å². The van der Waals surface area contributed by atoms with Crippen molar-refractivity contribution in [2.45, 2.75) is 66.0 Å². The summed E-state index contributed by atoms with van der Waals surface area (Å²) in [6.45, 7) is 11.8. The Labute approximate surface area is 89.9 Å². The average molecular weight is 197 g/mol. The summed E-state index contributed by atoms with van der Waals surface area (Å²) in [4.78, 5) is 2.55. The molecule has 1 saturated carbocycles. The molecule has 1 heteroatoms. The smallest absolute Gasteiger partial charge is 0.0102 e. The van der Waals surface area contributed by atoms with E-state index in [2.05, 4.69) is 46.6 Å². The largest absolute Gasteiger partial charge is 0.301 e. The molecule has 1 aliphatic carbocycles. The van der Waals surface area contributed by atoms with Crippen molar-refractivity contribution in [3.63, 3.8) is 0 Å². The van der Waals surface area contributed by atoms with E-state index in [1.165, 1.54) is 19.3 Å². The van der Waals surface area contributed by atoms with Gasteiger partial charge in [-0.1, -0.05) is 20.8 Å². The van der Waals surface area contributed by atoms with Crippen LogP contribution in [0.25, 0.3) is 0 Å². The number of hydrogen-bond acceptors (Lipinski definition) is 1. The Morgan fingerprint density at radius 2 is 1.79 bits per heavy atom. The molecule has 1 nitrogen and oxygen atoms in total. The number of rotatable bonds is 2. The van der Waals surface area contributed by atoms with E-state index in [4.69, 9.17) is 0 Å². The lowest BCUT2D eigenvalue weighted by molar-refractivity contribution is 0.0662. The summed E-state index contributed by atoms with van der Waals surface area (Å²) in [6.07, 6.45) is 4.15. The Bertz CT molecular complexity index is 184. The van der Waals surface area contributed by atoms with Crippen LogP contribution in [-0.2, 0) is 0 Å². The molecule has 0 aromatic carbocycles. The number of hydrogen-bond donors (Lipinski definition) is 0. The second-order valence-corrected chi connectivity index (χ2v) is 6.33. The quantitative estimate of drug-likeness (QED) is 0.654. The monoisotopic (exact) mass is 197 g/mol. The first kappa shape index (κ1) is 12.0. The van der Waals surface area contributed by atoms with Crippen molar-refractivity contribution in [1.82, 2.24) is 4.90 Å². The lowest BCUT2D eigenvalue weighted by Crippen LogP contribution is -2.44. The maximum Gasteiger partial charge on any atom is 0.0102 e. The molecule has 0 radical (unpaired) electrons. The third-order valence-corrected chi connectivity index (χ3v) is 3.75. The first-order chi connectivity index (χ1) is 6.32. The summed E-state index contributed by atoms with van der Waals surface area (Å²) in [5.74, 6) is 0.893. The predicted octanol–water partition coefficient (Wildman–Crippen LogP) is 3.54. The summed E-state index contributed by atoms with van der Waals surface area (Å²) < 4.78 is 0. The van der Waals surface area contributed by atoms with E-state index < -0.39 is 0 Å². The Kier molecular flexibility index (Phi) is 3.63. The average Bonchev–Trinajstić information content (AvgIpc) is 1.98. The van der Waals surface area contributed by atoms with Crippen molar-refractivity contribution >= 4 is 0 Å². The molecule has 2 atom stereocenters. The maximum atomic E-state index is 2.55. The fourth-order valence-electron chi connectivity index (χ4n) is 3.03. The summed E-state index contributed by atoms with van der Waals surface area (Å²) in [5.41, 5.74) is 0.547. The van der Waals surface area contributed by atoms with Gasteiger partial charge in [0, 0.05) is 12.1 Å². The minimum absolute atomic E-state index is 0.547. The van der Waals surface area contributed by atoms with Gasteiger partial charge in [-0.3, -0.25) is 0 Å². The third-order valence-electron chi connectivity index (χ3n) is 3.75. The van der Waals surface area contributed by atoms with Crippen molar-refractivity contribution in [2.24, 2.45) is 11.3 Å². The highest BCUT2D eigenvalue weighted by atomic mass is 15.1. The van der Waals surface area contributed by atoms with Gasteiger partial charge in [0.1, 0.15) is 0 Å². The molecule has 0 aliphatic heterocycles. The van der Waals surface area contributed by atoms with Crippen LogP contribution in [0.15, 0.2) is 0 Å². The zero-order valence-corrected chi connectivity index (χ0v) is 10.8. The standard InChI is InChI=1S/C13H27N/c1-10(2)14(6)12-7-11(3)8-13(4,5)9-12/h10-12H,7-9H2,1-6H3. The Hall–Kier alpha value is -0.0400. The molecule has 1 rings (SSSR count). The molecule has 0 spiro atoms. The van der Waals surface area contributed by atoms with E-state index in [9.17, 15) is 0 Å². The Morgan fingerprint density at radius 3 is 2.21 bits per heavy atom. The van der Waals surface area contributed by atoms with Gasteiger partial charge in [0.2, 0.25) is 0 Å². The molecule has 0 saturated heterocycles. The second kappa shape index (κ2) is 4.22. The first-order valence-corrected chi connectivity index (χ1v) is 6.04. The topological polar surface area (TPSA) is 3.24 Å². The SMILES string of the molecule is CC1CC(N(C)C(C)C)CC(C)(C)C1. The molecule has 84 valence electrons. The fraction of sp³-hybridized carbons (Fsp3) is 1.00. The Morgan fingerprint density at radius 1 is 1.21 bits per heavy atom. The zero-order valence-electron chi connectivity index (χ0n) is 10.8. The molecule has 1 fully saturated rings. The van der Waals surface area contributed by atoms with Gasteiger partial charge in [-0.2, -0.15) is 0 Å². The molecule has 0 N–H and O–H groups in total. The van der Waals surface area contributed by atoms with Gasteiger partial charge in [0.05, 0.1) is 0 Å². The van der Waals surface area contributed by atoms with Gasteiger partial charge in [0.15, 0.2) is 0 Å². The lowest BCUT2D eigenvalue weighted by Gasteiger charge is -2.44. The van der Waals surface area contributed by atoms with Gasteiger partial charge >= 0.3 is 0 Å². The second-order valence-electron chi connectivity index (χ2n) is 6.33. The normalized spacial score (nSPS) is 32.6. The lowest BCUT2D eigenvalue weighted by atomic mass is 9.70. The molecule has 0 aromatic rings. The van der Waals surface area contributed by atoms with Crippen molar-refractivity contribution in [1.29, 1.82) is 0 Å². The summed E-state index contributed by atoms with van der Waals surface area (Å²) >= 11 is 0. The minimum Gasteiger partial charge on any atom is -0.301 e. The molecule has 0 heterocycles. The van der Waals surface area contributed by atoms with Gasteiger partial charge in [-0.05, 0) is 51.5 Å². The van der Waals surface area contributed by atoms with Gasteiger partial charge in [-0.15, -0.1) is 0 Å². The minimum atomic E-state index is 0.547. The van der Waals surface area contributed by atoms with Crippen LogP contribution in [0.3, 0.4) is 0 Å². The van der Waals surface area contributed by atoms with E-state index in [-0.39, 0.29) is 0 Å². The van der Waals surface area contributed by atoms with Crippen LogP contribution in [0.4, 0.5) is 0 Å². The molecule has 14 heavy (non-hydrogen) atoms. The highest BCUT2D eigenvalue weighted by Crippen LogP contribution is 2.40. The summed E-state index contributed by atoms with van der Waals surface area (Å²) in [7, 11) is 2.28. The van der Waals surface area contributed by atoms with Crippen molar-refractivity contribution < 1.29 is 0 Å². The van der Waals surface area contributed by atoms with Crippen molar-refractivity contribution in [3.8, 4) is 0 Å². The summed E-state index contributed by atoms with van der Waals surface area (Å²) in [6, 6.07) is 1.48. The van der Waals surface area contributed by atoms with Crippen LogP contribution in [0.1, 0.15) is 53.9 Å². The van der Waals surface area contributed by atoms with E-state index in [1.807, 2.05) is 0 Å². The van der Waals surface area contributed by atoms with E-state index in [0.717, 1.165) is 12.0 Å². The molecule has 2 unspecified atom stereocenters.